The minimum atomic E-state index is -3.51. The van der Waals surface area contributed by atoms with Crippen molar-refractivity contribution < 1.29 is 17.6 Å². The molecule has 2 aliphatic rings. The fourth-order valence-corrected chi connectivity index (χ4v) is 4.77. The van der Waals surface area contributed by atoms with Crippen molar-refractivity contribution in [3.05, 3.63) is 23.7 Å². The maximum absolute atomic E-state index is 12.7. The molecule has 2 saturated heterocycles. The number of aryl methyl sites for hydroxylation is 1. The Morgan fingerprint density at radius 2 is 1.92 bits per heavy atom. The average molecular weight is 357 g/mol. The van der Waals surface area contributed by atoms with Crippen molar-refractivity contribution in [3.8, 4) is 0 Å². The van der Waals surface area contributed by atoms with Gasteiger partial charge in [0.05, 0.1) is 13.2 Å². The van der Waals surface area contributed by atoms with Crippen LogP contribution in [-0.2, 0) is 14.9 Å². The van der Waals surface area contributed by atoms with Gasteiger partial charge in [-0.15, -0.1) is 0 Å². The molecule has 1 N–H and O–H groups in total. The molecule has 0 aliphatic carbocycles. The standard InChI is InChI=1S/C16H27N3O4S/c1-12(2)18-10-14(16-5-4-13(3)23-16)15(11-18)17-24(20,21)19-6-8-22-9-7-19/h4-5,12,14-15,17H,6-11H2,1-3H3/t14-,15-/m1/s1. The zero-order chi connectivity index (χ0) is 17.3. The summed E-state index contributed by atoms with van der Waals surface area (Å²) < 4.78 is 40.8. The molecule has 3 rings (SSSR count). The fourth-order valence-electron chi connectivity index (χ4n) is 3.37. The summed E-state index contributed by atoms with van der Waals surface area (Å²) in [5.74, 6) is 1.73. The molecule has 2 atom stereocenters. The molecule has 0 radical (unpaired) electrons. The van der Waals surface area contributed by atoms with Gasteiger partial charge in [0.25, 0.3) is 10.2 Å². The van der Waals surface area contributed by atoms with Crippen LogP contribution in [-0.4, -0.2) is 69.1 Å². The van der Waals surface area contributed by atoms with Gasteiger partial charge in [-0.25, -0.2) is 0 Å². The first kappa shape index (κ1) is 17.9. The number of morpholine rings is 1. The monoisotopic (exact) mass is 357 g/mol. The topological polar surface area (TPSA) is 75.0 Å². The Labute approximate surface area is 144 Å². The van der Waals surface area contributed by atoms with E-state index in [-0.39, 0.29) is 12.0 Å². The number of furan rings is 1. The van der Waals surface area contributed by atoms with Crippen LogP contribution >= 0.6 is 0 Å². The Kier molecular flexibility index (Phi) is 5.31. The van der Waals surface area contributed by atoms with Gasteiger partial charge in [0.2, 0.25) is 0 Å². The first-order valence-corrected chi connectivity index (χ1v) is 9.96. The summed E-state index contributed by atoms with van der Waals surface area (Å²) in [4.78, 5) is 2.29. The number of hydrogen-bond acceptors (Lipinski definition) is 5. The summed E-state index contributed by atoms with van der Waals surface area (Å²) in [6.45, 7) is 9.35. The largest absolute Gasteiger partial charge is 0.466 e. The van der Waals surface area contributed by atoms with E-state index >= 15 is 0 Å². The molecular weight excluding hydrogens is 330 g/mol. The molecule has 1 aromatic heterocycles. The smallest absolute Gasteiger partial charge is 0.279 e. The summed E-state index contributed by atoms with van der Waals surface area (Å²) in [5.41, 5.74) is 0. The SMILES string of the molecule is Cc1ccc([C@@H]2CN(C(C)C)C[C@H]2NS(=O)(=O)N2CCOCC2)o1. The number of hydrogen-bond donors (Lipinski definition) is 1. The van der Waals surface area contributed by atoms with Gasteiger partial charge in [-0.2, -0.15) is 17.4 Å². The van der Waals surface area contributed by atoms with Gasteiger partial charge in [-0.05, 0) is 32.9 Å². The third kappa shape index (κ3) is 3.83. The van der Waals surface area contributed by atoms with E-state index < -0.39 is 10.2 Å². The predicted octanol–water partition coefficient (Wildman–Crippen LogP) is 0.931. The molecule has 0 bridgehead atoms. The molecule has 24 heavy (non-hydrogen) atoms. The Hall–Kier alpha value is -0.930. The van der Waals surface area contributed by atoms with Crippen molar-refractivity contribution in [2.75, 3.05) is 39.4 Å². The third-order valence-electron chi connectivity index (χ3n) is 4.82. The highest BCUT2D eigenvalue weighted by Crippen LogP contribution is 2.30. The Bertz CT molecular complexity index is 652. The third-order valence-corrected chi connectivity index (χ3v) is 6.46. The molecule has 2 aliphatic heterocycles. The van der Waals surface area contributed by atoms with E-state index in [4.69, 9.17) is 9.15 Å². The molecule has 0 amide bonds. The van der Waals surface area contributed by atoms with E-state index in [0.717, 1.165) is 18.1 Å². The van der Waals surface area contributed by atoms with Gasteiger partial charge in [0, 0.05) is 44.2 Å². The lowest BCUT2D eigenvalue weighted by molar-refractivity contribution is 0.0723. The van der Waals surface area contributed by atoms with Crippen molar-refractivity contribution in [2.24, 2.45) is 0 Å². The number of nitrogens with zero attached hydrogens (tertiary/aromatic N) is 2. The van der Waals surface area contributed by atoms with Crippen LogP contribution in [0.1, 0.15) is 31.3 Å². The van der Waals surface area contributed by atoms with Crippen LogP contribution in [0.4, 0.5) is 0 Å². The van der Waals surface area contributed by atoms with Crippen LogP contribution in [0.15, 0.2) is 16.5 Å². The van der Waals surface area contributed by atoms with Crippen molar-refractivity contribution >= 4 is 10.2 Å². The number of nitrogens with one attached hydrogen (secondary N) is 1. The molecule has 2 fully saturated rings. The molecule has 1 aromatic rings. The van der Waals surface area contributed by atoms with E-state index in [1.54, 1.807) is 0 Å². The van der Waals surface area contributed by atoms with E-state index in [1.165, 1.54) is 4.31 Å². The Morgan fingerprint density at radius 3 is 2.50 bits per heavy atom. The maximum Gasteiger partial charge on any atom is 0.279 e. The van der Waals surface area contributed by atoms with Crippen molar-refractivity contribution in [3.63, 3.8) is 0 Å². The minimum Gasteiger partial charge on any atom is -0.466 e. The lowest BCUT2D eigenvalue weighted by Crippen LogP contribution is -2.51. The lowest BCUT2D eigenvalue weighted by Gasteiger charge is -2.28. The van der Waals surface area contributed by atoms with Crippen LogP contribution in [0.2, 0.25) is 0 Å². The van der Waals surface area contributed by atoms with Crippen molar-refractivity contribution in [1.82, 2.24) is 13.9 Å². The molecule has 136 valence electrons. The van der Waals surface area contributed by atoms with Crippen molar-refractivity contribution in [2.45, 2.75) is 38.8 Å². The quantitative estimate of drug-likeness (QED) is 0.849. The van der Waals surface area contributed by atoms with Crippen LogP contribution in [0.3, 0.4) is 0 Å². The van der Waals surface area contributed by atoms with E-state index in [9.17, 15) is 8.42 Å². The molecule has 7 nitrogen and oxygen atoms in total. The van der Waals surface area contributed by atoms with Crippen LogP contribution in [0.25, 0.3) is 0 Å². The second-order valence-corrected chi connectivity index (χ2v) is 8.55. The van der Waals surface area contributed by atoms with Gasteiger partial charge >= 0.3 is 0 Å². The molecule has 8 heteroatoms. The summed E-state index contributed by atoms with van der Waals surface area (Å²) >= 11 is 0. The zero-order valence-electron chi connectivity index (χ0n) is 14.6. The Morgan fingerprint density at radius 1 is 1.21 bits per heavy atom. The van der Waals surface area contributed by atoms with Gasteiger partial charge < -0.3 is 9.15 Å². The number of likely N-dealkylation sites (tertiary alicyclic amines) is 1. The van der Waals surface area contributed by atoms with Crippen molar-refractivity contribution in [1.29, 1.82) is 0 Å². The normalized spacial score (nSPS) is 27.2. The molecular formula is C16H27N3O4S. The maximum atomic E-state index is 12.7. The van der Waals surface area contributed by atoms with Crippen LogP contribution in [0.5, 0.6) is 0 Å². The minimum absolute atomic E-state index is 0.0249. The highest BCUT2D eigenvalue weighted by atomic mass is 32.2. The molecule has 0 spiro atoms. The highest BCUT2D eigenvalue weighted by molar-refractivity contribution is 7.87. The molecule has 3 heterocycles. The van der Waals surface area contributed by atoms with Crippen LogP contribution in [0, 0.1) is 6.92 Å². The van der Waals surface area contributed by atoms with E-state index in [2.05, 4.69) is 23.5 Å². The number of rotatable bonds is 5. The first-order valence-electron chi connectivity index (χ1n) is 8.52. The zero-order valence-corrected chi connectivity index (χ0v) is 15.4. The molecule has 0 aromatic carbocycles. The summed E-state index contributed by atoms with van der Waals surface area (Å²) in [6.07, 6.45) is 0. The average Bonchev–Trinajstić information content (AvgIpc) is 3.14. The van der Waals surface area contributed by atoms with Gasteiger partial charge in [0.15, 0.2) is 0 Å². The van der Waals surface area contributed by atoms with Crippen LogP contribution < -0.4 is 4.72 Å². The summed E-state index contributed by atoms with van der Waals surface area (Å²) in [5, 5.41) is 0. The van der Waals surface area contributed by atoms with E-state index in [1.807, 2.05) is 19.1 Å². The summed E-state index contributed by atoms with van der Waals surface area (Å²) in [6, 6.07) is 4.06. The van der Waals surface area contributed by atoms with Gasteiger partial charge in [-0.1, -0.05) is 0 Å². The second-order valence-electron chi connectivity index (χ2n) is 6.84. The lowest BCUT2D eigenvalue weighted by atomic mass is 10.0. The second kappa shape index (κ2) is 7.13. The molecule has 0 saturated carbocycles. The Balaban J connectivity index is 1.77. The van der Waals surface area contributed by atoms with E-state index in [0.29, 0.717) is 38.9 Å². The first-order chi connectivity index (χ1) is 11.4. The van der Waals surface area contributed by atoms with Gasteiger partial charge in [-0.3, -0.25) is 4.90 Å². The highest BCUT2D eigenvalue weighted by Gasteiger charge is 2.40. The summed E-state index contributed by atoms with van der Waals surface area (Å²) in [7, 11) is -3.51. The fraction of sp³-hybridized carbons (Fsp3) is 0.750. The predicted molar refractivity (Wildman–Crippen MR) is 91.1 cm³/mol. The van der Waals surface area contributed by atoms with Gasteiger partial charge in [0.1, 0.15) is 11.5 Å². The molecule has 0 unspecified atom stereocenters. The number of ether oxygens (including phenoxy) is 1.